The Morgan fingerprint density at radius 3 is 1.15 bits per heavy atom. The third-order valence-electron chi connectivity index (χ3n) is 5.94. The third-order valence-corrected chi connectivity index (χ3v) is 5.94. The van der Waals surface area contributed by atoms with Crippen LogP contribution in [0.5, 0.6) is 5.75 Å². The van der Waals surface area contributed by atoms with Crippen LogP contribution in [0, 0.1) is 0 Å². The van der Waals surface area contributed by atoms with Crippen LogP contribution in [-0.4, -0.2) is 16.2 Å². The van der Waals surface area contributed by atoms with E-state index < -0.39 is 5.97 Å². The van der Waals surface area contributed by atoms with Crippen LogP contribution in [0.3, 0.4) is 0 Å². The molecule has 0 aromatic heterocycles. The summed E-state index contributed by atoms with van der Waals surface area (Å²) in [7, 11) is 0. The van der Waals surface area contributed by atoms with Gasteiger partial charge in [0.2, 0.25) is 0 Å². The number of rotatable bonds is 5. The molecule has 0 spiro atoms. The maximum Gasteiger partial charge on any atom is 0.337 e. The smallest absolute Gasteiger partial charge is 0.337 e. The molecule has 164 valence electrons. The summed E-state index contributed by atoms with van der Waals surface area (Å²) in [4.78, 5) is 12.9. The fourth-order valence-corrected chi connectivity index (χ4v) is 4.51. The van der Waals surface area contributed by atoms with Crippen LogP contribution in [0.4, 0.5) is 0 Å². The first-order chi connectivity index (χ1) is 16.7. The number of carboxylic acids is 1. The van der Waals surface area contributed by atoms with Gasteiger partial charge in [-0.2, -0.15) is 0 Å². The van der Waals surface area contributed by atoms with E-state index in [2.05, 4.69) is 0 Å². The number of phenols is 1. The molecule has 0 unspecified atom stereocenters. The monoisotopic (exact) mass is 442 g/mol. The molecule has 3 nitrogen and oxygen atoms in total. The van der Waals surface area contributed by atoms with Crippen LogP contribution in [-0.2, 0) is 0 Å². The van der Waals surface area contributed by atoms with Gasteiger partial charge in [-0.25, -0.2) is 4.79 Å². The summed E-state index contributed by atoms with van der Waals surface area (Å²) >= 11 is 0. The zero-order valence-electron chi connectivity index (χ0n) is 18.3. The van der Waals surface area contributed by atoms with Crippen molar-refractivity contribution in [2.24, 2.45) is 0 Å². The molecule has 5 aromatic carbocycles. The normalized spacial score (nSPS) is 10.7. The van der Waals surface area contributed by atoms with E-state index in [1.807, 2.05) is 121 Å². The van der Waals surface area contributed by atoms with Gasteiger partial charge in [0.15, 0.2) is 0 Å². The predicted octanol–water partition coefficient (Wildman–Crippen LogP) is 7.76. The topological polar surface area (TPSA) is 57.5 Å². The number of aromatic hydroxyl groups is 1. The van der Waals surface area contributed by atoms with Crippen molar-refractivity contribution < 1.29 is 15.0 Å². The van der Waals surface area contributed by atoms with Gasteiger partial charge in [0.05, 0.1) is 5.56 Å². The summed E-state index contributed by atoms with van der Waals surface area (Å²) in [6, 6.07) is 38.0. The molecule has 0 radical (unpaired) electrons. The molecule has 0 aliphatic rings. The van der Waals surface area contributed by atoms with Crippen molar-refractivity contribution in [3.05, 3.63) is 127 Å². The van der Waals surface area contributed by atoms with Gasteiger partial charge in [-0.05, 0) is 22.3 Å². The first-order valence-electron chi connectivity index (χ1n) is 11.0. The summed E-state index contributed by atoms with van der Waals surface area (Å²) < 4.78 is 0. The standard InChI is InChI=1S/C31H22O3/c32-30-27(23-17-9-3-10-18-23)25(21-13-5-1-6-14-21)26(22-15-7-2-8-16-22)29(31(33)34)28(30)24-19-11-4-12-20-24/h1-20,32H,(H,33,34). The molecule has 0 bridgehead atoms. The molecule has 2 N–H and O–H groups in total. The highest BCUT2D eigenvalue weighted by Gasteiger charge is 2.30. The van der Waals surface area contributed by atoms with Gasteiger partial charge in [-0.1, -0.05) is 121 Å². The van der Waals surface area contributed by atoms with E-state index in [1.165, 1.54) is 0 Å². The van der Waals surface area contributed by atoms with Crippen molar-refractivity contribution in [2.45, 2.75) is 0 Å². The zero-order valence-corrected chi connectivity index (χ0v) is 18.3. The van der Waals surface area contributed by atoms with E-state index in [4.69, 9.17) is 0 Å². The van der Waals surface area contributed by atoms with Crippen LogP contribution in [0.1, 0.15) is 10.4 Å². The number of carbonyl (C=O) groups is 1. The molecule has 0 heterocycles. The molecule has 5 rings (SSSR count). The van der Waals surface area contributed by atoms with Crippen LogP contribution >= 0.6 is 0 Å². The van der Waals surface area contributed by atoms with Crippen molar-refractivity contribution in [2.75, 3.05) is 0 Å². The van der Waals surface area contributed by atoms with Gasteiger partial charge in [-0.3, -0.25) is 0 Å². The maximum atomic E-state index is 12.9. The number of hydrogen-bond acceptors (Lipinski definition) is 2. The molecule has 0 saturated carbocycles. The number of phenolic OH excluding ortho intramolecular Hbond substituents is 1. The van der Waals surface area contributed by atoms with E-state index in [9.17, 15) is 15.0 Å². The van der Waals surface area contributed by atoms with Gasteiger partial charge in [0, 0.05) is 22.3 Å². The summed E-state index contributed by atoms with van der Waals surface area (Å²) in [6.07, 6.45) is 0. The minimum atomic E-state index is -1.09. The van der Waals surface area contributed by atoms with E-state index in [1.54, 1.807) is 0 Å². The van der Waals surface area contributed by atoms with Gasteiger partial charge in [0.25, 0.3) is 0 Å². The Kier molecular flexibility index (Phi) is 5.67. The van der Waals surface area contributed by atoms with Crippen molar-refractivity contribution in [1.82, 2.24) is 0 Å². The van der Waals surface area contributed by atoms with Gasteiger partial charge in [-0.15, -0.1) is 0 Å². The molecule has 0 amide bonds. The Bertz CT molecular complexity index is 1440. The third kappa shape index (κ3) is 3.74. The van der Waals surface area contributed by atoms with Gasteiger partial charge in [0.1, 0.15) is 5.75 Å². The largest absolute Gasteiger partial charge is 0.507 e. The quantitative estimate of drug-likeness (QED) is 0.292. The second kappa shape index (κ2) is 9.08. The van der Waals surface area contributed by atoms with Crippen molar-refractivity contribution in [1.29, 1.82) is 0 Å². The van der Waals surface area contributed by atoms with E-state index in [0.29, 0.717) is 27.8 Å². The van der Waals surface area contributed by atoms with E-state index in [-0.39, 0.29) is 11.3 Å². The fraction of sp³-hybridized carbons (Fsp3) is 0. The lowest BCUT2D eigenvalue weighted by Crippen LogP contribution is -2.07. The van der Waals surface area contributed by atoms with Crippen LogP contribution in [0.15, 0.2) is 121 Å². The second-order valence-electron chi connectivity index (χ2n) is 7.99. The summed E-state index contributed by atoms with van der Waals surface area (Å²) in [5.74, 6) is -1.14. The molecular formula is C31H22O3. The Morgan fingerprint density at radius 2 is 0.765 bits per heavy atom. The molecule has 0 saturated heterocycles. The number of hydrogen-bond donors (Lipinski definition) is 2. The minimum absolute atomic E-state index is 0.0478. The summed E-state index contributed by atoms with van der Waals surface area (Å²) in [6.45, 7) is 0. The lowest BCUT2D eigenvalue weighted by Gasteiger charge is -2.24. The molecule has 3 heteroatoms. The van der Waals surface area contributed by atoms with Gasteiger partial charge < -0.3 is 10.2 Å². The average Bonchev–Trinajstić information content (AvgIpc) is 2.90. The van der Waals surface area contributed by atoms with Crippen LogP contribution < -0.4 is 0 Å². The Balaban J connectivity index is 2.05. The molecule has 0 atom stereocenters. The van der Waals surface area contributed by atoms with E-state index >= 15 is 0 Å². The van der Waals surface area contributed by atoms with Crippen molar-refractivity contribution in [3.63, 3.8) is 0 Å². The highest BCUT2D eigenvalue weighted by molar-refractivity contribution is 6.13. The molecule has 0 fully saturated rings. The van der Waals surface area contributed by atoms with E-state index in [0.717, 1.165) is 16.7 Å². The maximum absolute atomic E-state index is 12.9. The molecule has 34 heavy (non-hydrogen) atoms. The number of benzene rings is 5. The summed E-state index contributed by atoms with van der Waals surface area (Å²) in [5, 5.41) is 22.3. The Hall–Kier alpha value is -4.63. The van der Waals surface area contributed by atoms with Crippen LogP contribution in [0.2, 0.25) is 0 Å². The average molecular weight is 443 g/mol. The Labute approximate surface area is 198 Å². The van der Waals surface area contributed by atoms with Crippen molar-refractivity contribution in [3.8, 4) is 50.3 Å². The number of aromatic carboxylic acids is 1. The zero-order chi connectivity index (χ0) is 23.5. The lowest BCUT2D eigenvalue weighted by molar-refractivity contribution is 0.0698. The first-order valence-corrected chi connectivity index (χ1v) is 11.0. The highest BCUT2D eigenvalue weighted by atomic mass is 16.4. The highest BCUT2D eigenvalue weighted by Crippen LogP contribution is 2.52. The fourth-order valence-electron chi connectivity index (χ4n) is 4.51. The lowest BCUT2D eigenvalue weighted by atomic mass is 9.80. The van der Waals surface area contributed by atoms with Gasteiger partial charge >= 0.3 is 5.97 Å². The second-order valence-corrected chi connectivity index (χ2v) is 7.99. The molecule has 0 aliphatic heterocycles. The SMILES string of the molecule is O=C(O)c1c(-c2ccccc2)c(O)c(-c2ccccc2)c(-c2ccccc2)c1-c1ccccc1. The Morgan fingerprint density at radius 1 is 0.441 bits per heavy atom. The summed E-state index contributed by atoms with van der Waals surface area (Å²) in [5.41, 5.74) is 5.32. The molecule has 5 aromatic rings. The minimum Gasteiger partial charge on any atom is -0.507 e. The first kappa shape index (κ1) is 21.2. The van der Waals surface area contributed by atoms with Crippen molar-refractivity contribution >= 4 is 5.97 Å². The molecule has 0 aliphatic carbocycles. The van der Waals surface area contributed by atoms with Crippen LogP contribution in [0.25, 0.3) is 44.5 Å². The predicted molar refractivity (Wildman–Crippen MR) is 137 cm³/mol. The molecular weight excluding hydrogens is 420 g/mol. The number of carboxylic acid groups (broad SMARTS) is 1.